The molecular weight excluding hydrogens is 240 g/mol. The second-order valence-corrected chi connectivity index (χ2v) is 6.61. The molecule has 1 heterocycles. The van der Waals surface area contributed by atoms with Gasteiger partial charge in [-0.05, 0) is 37.3 Å². The number of fused-ring (bicyclic) bond motifs is 1. The van der Waals surface area contributed by atoms with Crippen molar-refractivity contribution in [3.8, 4) is 6.07 Å². The standard InChI is InChI=1S/C15H16N2S/c1-11-6-7-15(8-11,10-16)9-14-17-12-4-2-3-5-13(12)18-14/h2-5,11H,6-9H2,1H3. The SMILES string of the molecule is CC1CCC(C#N)(Cc2nc3ccccc3s2)C1. The molecule has 2 unspecified atom stereocenters. The second-order valence-electron chi connectivity index (χ2n) is 5.49. The average molecular weight is 256 g/mol. The van der Waals surface area contributed by atoms with Crippen molar-refractivity contribution in [3.63, 3.8) is 0 Å². The van der Waals surface area contributed by atoms with Crippen LogP contribution in [0.15, 0.2) is 24.3 Å². The molecule has 2 nitrogen and oxygen atoms in total. The molecule has 0 aliphatic heterocycles. The number of rotatable bonds is 2. The van der Waals surface area contributed by atoms with Crippen molar-refractivity contribution in [2.24, 2.45) is 11.3 Å². The van der Waals surface area contributed by atoms with E-state index in [2.05, 4.69) is 24.0 Å². The van der Waals surface area contributed by atoms with Crippen molar-refractivity contribution in [2.75, 3.05) is 0 Å². The lowest BCUT2D eigenvalue weighted by Crippen LogP contribution is -2.17. The Kier molecular flexibility index (Phi) is 2.83. The van der Waals surface area contributed by atoms with Gasteiger partial charge in [0.05, 0.1) is 26.7 Å². The van der Waals surface area contributed by atoms with Crippen molar-refractivity contribution < 1.29 is 0 Å². The van der Waals surface area contributed by atoms with Gasteiger partial charge in [-0.25, -0.2) is 4.98 Å². The Labute approximate surface area is 111 Å². The Hall–Kier alpha value is -1.40. The molecule has 1 aliphatic carbocycles. The summed E-state index contributed by atoms with van der Waals surface area (Å²) < 4.78 is 1.23. The summed E-state index contributed by atoms with van der Waals surface area (Å²) in [5.74, 6) is 0.680. The first-order valence-corrected chi connectivity index (χ1v) is 7.28. The summed E-state index contributed by atoms with van der Waals surface area (Å²) in [6.45, 7) is 2.25. The van der Waals surface area contributed by atoms with Gasteiger partial charge in [-0.1, -0.05) is 19.1 Å². The van der Waals surface area contributed by atoms with Crippen LogP contribution in [0, 0.1) is 22.7 Å². The summed E-state index contributed by atoms with van der Waals surface area (Å²) in [7, 11) is 0. The summed E-state index contributed by atoms with van der Waals surface area (Å²) in [5, 5.41) is 10.6. The van der Waals surface area contributed by atoms with Gasteiger partial charge >= 0.3 is 0 Å². The first-order valence-electron chi connectivity index (χ1n) is 6.46. The predicted molar refractivity (Wildman–Crippen MR) is 74.4 cm³/mol. The van der Waals surface area contributed by atoms with Crippen LogP contribution in [0.5, 0.6) is 0 Å². The number of hydrogen-bond donors (Lipinski definition) is 0. The van der Waals surface area contributed by atoms with Crippen molar-refractivity contribution in [1.29, 1.82) is 5.26 Å². The van der Waals surface area contributed by atoms with Crippen LogP contribution in [0.1, 0.15) is 31.2 Å². The molecule has 1 aromatic heterocycles. The fourth-order valence-electron chi connectivity index (χ4n) is 2.98. The first-order chi connectivity index (χ1) is 8.71. The average Bonchev–Trinajstić information content (AvgIpc) is 2.93. The third kappa shape index (κ3) is 2.02. The van der Waals surface area contributed by atoms with Gasteiger partial charge in [0.25, 0.3) is 0 Å². The van der Waals surface area contributed by atoms with Crippen LogP contribution >= 0.6 is 11.3 Å². The van der Waals surface area contributed by atoms with E-state index in [9.17, 15) is 5.26 Å². The van der Waals surface area contributed by atoms with E-state index in [1.54, 1.807) is 11.3 Å². The highest BCUT2D eigenvalue weighted by Crippen LogP contribution is 2.44. The molecule has 1 fully saturated rings. The summed E-state index contributed by atoms with van der Waals surface area (Å²) in [6, 6.07) is 10.8. The van der Waals surface area contributed by atoms with Gasteiger partial charge in [0.1, 0.15) is 0 Å². The van der Waals surface area contributed by atoms with Crippen molar-refractivity contribution in [1.82, 2.24) is 4.98 Å². The van der Waals surface area contributed by atoms with E-state index in [0.29, 0.717) is 5.92 Å². The van der Waals surface area contributed by atoms with Crippen LogP contribution in [-0.4, -0.2) is 4.98 Å². The van der Waals surface area contributed by atoms with E-state index in [0.717, 1.165) is 29.8 Å². The third-order valence-corrected chi connectivity index (χ3v) is 4.96. The molecule has 2 atom stereocenters. The van der Waals surface area contributed by atoms with Crippen LogP contribution in [0.25, 0.3) is 10.2 Å². The number of benzene rings is 1. The largest absolute Gasteiger partial charge is 0.241 e. The zero-order chi connectivity index (χ0) is 12.6. The minimum absolute atomic E-state index is 0.159. The zero-order valence-corrected chi connectivity index (χ0v) is 11.3. The first kappa shape index (κ1) is 11.7. The Balaban J connectivity index is 1.90. The minimum atomic E-state index is -0.159. The fourth-order valence-corrected chi connectivity index (χ4v) is 4.09. The van der Waals surface area contributed by atoms with E-state index >= 15 is 0 Å². The molecule has 0 radical (unpaired) electrons. The molecule has 92 valence electrons. The smallest absolute Gasteiger partial charge is 0.0954 e. The molecule has 2 aromatic rings. The summed E-state index contributed by atoms with van der Waals surface area (Å²) in [4.78, 5) is 4.66. The second kappa shape index (κ2) is 4.37. The number of thiazole rings is 1. The van der Waals surface area contributed by atoms with Crippen molar-refractivity contribution >= 4 is 21.6 Å². The summed E-state index contributed by atoms with van der Waals surface area (Å²) in [6.07, 6.45) is 4.06. The van der Waals surface area contributed by atoms with Crippen LogP contribution in [0.4, 0.5) is 0 Å². The quantitative estimate of drug-likeness (QED) is 0.808. The van der Waals surface area contributed by atoms with Crippen LogP contribution < -0.4 is 0 Å². The molecule has 0 amide bonds. The molecule has 0 bridgehead atoms. The fraction of sp³-hybridized carbons (Fsp3) is 0.467. The molecule has 1 aliphatic rings. The summed E-state index contributed by atoms with van der Waals surface area (Å²) >= 11 is 1.74. The maximum absolute atomic E-state index is 9.50. The summed E-state index contributed by atoms with van der Waals surface area (Å²) in [5.41, 5.74) is 0.907. The van der Waals surface area contributed by atoms with Gasteiger partial charge in [0.2, 0.25) is 0 Å². The van der Waals surface area contributed by atoms with Gasteiger partial charge in [0, 0.05) is 6.42 Å². The van der Waals surface area contributed by atoms with Crippen molar-refractivity contribution in [3.05, 3.63) is 29.3 Å². The number of nitrogens with zero attached hydrogens (tertiary/aromatic N) is 2. The highest BCUT2D eigenvalue weighted by atomic mass is 32.1. The lowest BCUT2D eigenvalue weighted by molar-refractivity contribution is 0.391. The Morgan fingerprint density at radius 3 is 3.00 bits per heavy atom. The maximum atomic E-state index is 9.50. The number of nitriles is 1. The van der Waals surface area contributed by atoms with Gasteiger partial charge in [0.15, 0.2) is 0 Å². The molecule has 1 saturated carbocycles. The number of para-hydroxylation sites is 1. The van der Waals surface area contributed by atoms with Gasteiger partial charge in [-0.2, -0.15) is 5.26 Å². The maximum Gasteiger partial charge on any atom is 0.0954 e. The molecule has 18 heavy (non-hydrogen) atoms. The van der Waals surface area contributed by atoms with E-state index in [4.69, 9.17) is 0 Å². The topological polar surface area (TPSA) is 36.7 Å². The van der Waals surface area contributed by atoms with Crippen LogP contribution in [0.3, 0.4) is 0 Å². The lowest BCUT2D eigenvalue weighted by atomic mass is 9.84. The van der Waals surface area contributed by atoms with E-state index < -0.39 is 0 Å². The van der Waals surface area contributed by atoms with E-state index in [1.807, 2.05) is 18.2 Å². The predicted octanol–water partition coefficient (Wildman–Crippen LogP) is 4.17. The molecule has 0 N–H and O–H groups in total. The monoisotopic (exact) mass is 256 g/mol. The molecule has 3 heteroatoms. The molecule has 0 saturated heterocycles. The molecule has 1 aromatic carbocycles. The Bertz CT molecular complexity index is 577. The zero-order valence-electron chi connectivity index (χ0n) is 10.5. The molecule has 3 rings (SSSR count). The van der Waals surface area contributed by atoms with Crippen LogP contribution in [0.2, 0.25) is 0 Å². The van der Waals surface area contributed by atoms with E-state index in [1.165, 1.54) is 11.1 Å². The van der Waals surface area contributed by atoms with E-state index in [-0.39, 0.29) is 5.41 Å². The minimum Gasteiger partial charge on any atom is -0.241 e. The third-order valence-electron chi connectivity index (χ3n) is 3.92. The lowest BCUT2D eigenvalue weighted by Gasteiger charge is -2.18. The van der Waals surface area contributed by atoms with Gasteiger partial charge < -0.3 is 0 Å². The van der Waals surface area contributed by atoms with Gasteiger partial charge in [-0.15, -0.1) is 11.3 Å². The van der Waals surface area contributed by atoms with Crippen LogP contribution in [-0.2, 0) is 6.42 Å². The van der Waals surface area contributed by atoms with Gasteiger partial charge in [-0.3, -0.25) is 0 Å². The highest BCUT2D eigenvalue weighted by Gasteiger charge is 2.38. The Morgan fingerprint density at radius 1 is 1.50 bits per heavy atom. The number of hydrogen-bond acceptors (Lipinski definition) is 3. The number of aromatic nitrogens is 1. The molecular formula is C15H16N2S. The normalized spacial score (nSPS) is 27.4. The Morgan fingerprint density at radius 2 is 2.33 bits per heavy atom. The molecule has 0 spiro atoms. The highest BCUT2D eigenvalue weighted by molar-refractivity contribution is 7.18. The van der Waals surface area contributed by atoms with Crippen molar-refractivity contribution in [2.45, 2.75) is 32.6 Å².